The highest BCUT2D eigenvalue weighted by Crippen LogP contribution is 2.22. The maximum atomic E-state index is 12.3. The summed E-state index contributed by atoms with van der Waals surface area (Å²) in [7, 11) is 0. The summed E-state index contributed by atoms with van der Waals surface area (Å²) in [5.74, 6) is -1.04. The minimum absolute atomic E-state index is 0.0712. The molecule has 108 valence electrons. The van der Waals surface area contributed by atoms with E-state index in [9.17, 15) is 14.7 Å². The fourth-order valence-electron chi connectivity index (χ4n) is 2.45. The van der Waals surface area contributed by atoms with Gasteiger partial charge in [0.1, 0.15) is 6.04 Å². The summed E-state index contributed by atoms with van der Waals surface area (Å²) in [5.41, 5.74) is 1.58. The topological polar surface area (TPSA) is 77.8 Å². The lowest BCUT2D eigenvalue weighted by atomic mass is 10.0. The molecule has 2 atom stereocenters. The molecule has 0 aliphatic carbocycles. The molecule has 2 rings (SSSR count). The maximum absolute atomic E-state index is 12.3. The second-order valence-corrected chi connectivity index (χ2v) is 5.48. The minimum atomic E-state index is -1.08. The molecule has 20 heavy (non-hydrogen) atoms. The van der Waals surface area contributed by atoms with Gasteiger partial charge in [-0.25, -0.2) is 4.79 Å². The van der Waals surface area contributed by atoms with Gasteiger partial charge in [0.05, 0.1) is 6.10 Å². The van der Waals surface area contributed by atoms with Gasteiger partial charge in [-0.1, -0.05) is 26.0 Å². The molecular weight excluding hydrogens is 258 g/mol. The number of carboxylic acids is 1. The standard InChI is InChI=1S/C15H19NO4/c1-9(2)10-3-5-11(6-4-10)14(18)16-8-12(17)7-13(16)15(19)20/h3-6,9,12-13,17H,7-8H2,1-2H3,(H,19,20)/t12?,13-/m0/s1. The minimum Gasteiger partial charge on any atom is -0.480 e. The van der Waals surface area contributed by atoms with Crippen LogP contribution in [0.3, 0.4) is 0 Å². The third kappa shape index (κ3) is 2.82. The number of aliphatic hydroxyl groups excluding tert-OH is 1. The maximum Gasteiger partial charge on any atom is 0.326 e. The van der Waals surface area contributed by atoms with Gasteiger partial charge in [-0.05, 0) is 23.6 Å². The van der Waals surface area contributed by atoms with Crippen LogP contribution in [0.2, 0.25) is 0 Å². The van der Waals surface area contributed by atoms with Gasteiger partial charge in [0.2, 0.25) is 0 Å². The van der Waals surface area contributed by atoms with Gasteiger partial charge in [-0.15, -0.1) is 0 Å². The molecule has 1 saturated heterocycles. The van der Waals surface area contributed by atoms with Gasteiger partial charge in [-0.2, -0.15) is 0 Å². The van der Waals surface area contributed by atoms with Crippen molar-refractivity contribution in [3.8, 4) is 0 Å². The third-order valence-corrected chi connectivity index (χ3v) is 3.65. The molecule has 5 heteroatoms. The normalized spacial score (nSPS) is 22.3. The van der Waals surface area contributed by atoms with Crippen LogP contribution in [0, 0.1) is 0 Å². The Hall–Kier alpha value is -1.88. The molecule has 1 aliphatic heterocycles. The number of carbonyl (C=O) groups is 2. The summed E-state index contributed by atoms with van der Waals surface area (Å²) in [6, 6.07) is 6.23. The lowest BCUT2D eigenvalue weighted by Crippen LogP contribution is -2.40. The molecule has 1 amide bonds. The van der Waals surface area contributed by atoms with Crippen LogP contribution in [-0.4, -0.2) is 45.7 Å². The SMILES string of the molecule is CC(C)c1ccc(C(=O)N2CC(O)C[C@H]2C(=O)O)cc1. The Kier molecular flexibility index (Phi) is 4.09. The summed E-state index contributed by atoms with van der Waals surface area (Å²) in [5, 5.41) is 18.7. The molecular formula is C15H19NO4. The second kappa shape index (κ2) is 5.63. The molecule has 0 saturated carbocycles. The van der Waals surface area contributed by atoms with E-state index in [2.05, 4.69) is 13.8 Å². The summed E-state index contributed by atoms with van der Waals surface area (Å²) >= 11 is 0. The fraction of sp³-hybridized carbons (Fsp3) is 0.467. The van der Waals surface area contributed by atoms with Crippen molar-refractivity contribution < 1.29 is 19.8 Å². The molecule has 1 heterocycles. The number of hydrogen-bond donors (Lipinski definition) is 2. The van der Waals surface area contributed by atoms with Gasteiger partial charge >= 0.3 is 5.97 Å². The number of nitrogens with zero attached hydrogens (tertiary/aromatic N) is 1. The number of amides is 1. The summed E-state index contributed by atoms with van der Waals surface area (Å²) in [6.45, 7) is 4.20. The molecule has 1 fully saturated rings. The average Bonchev–Trinajstić information content (AvgIpc) is 2.80. The summed E-state index contributed by atoms with van der Waals surface area (Å²) in [6.07, 6.45) is -0.680. The Morgan fingerprint density at radius 3 is 2.35 bits per heavy atom. The zero-order valence-corrected chi connectivity index (χ0v) is 11.6. The molecule has 1 aromatic carbocycles. The van der Waals surface area contributed by atoms with Crippen LogP contribution in [0.5, 0.6) is 0 Å². The first kappa shape index (κ1) is 14.5. The lowest BCUT2D eigenvalue weighted by Gasteiger charge is -2.21. The van der Waals surface area contributed by atoms with Crippen molar-refractivity contribution in [1.82, 2.24) is 4.90 Å². The third-order valence-electron chi connectivity index (χ3n) is 3.65. The Balaban J connectivity index is 2.20. The average molecular weight is 277 g/mol. The predicted molar refractivity (Wildman–Crippen MR) is 73.6 cm³/mol. The van der Waals surface area contributed by atoms with Gasteiger partial charge in [-0.3, -0.25) is 4.79 Å². The number of aliphatic carboxylic acids is 1. The highest BCUT2D eigenvalue weighted by molar-refractivity contribution is 5.97. The predicted octanol–water partition coefficient (Wildman–Crippen LogP) is 1.47. The number of aliphatic hydroxyl groups is 1. The highest BCUT2D eigenvalue weighted by atomic mass is 16.4. The van der Waals surface area contributed by atoms with Crippen molar-refractivity contribution in [3.63, 3.8) is 0 Å². The second-order valence-electron chi connectivity index (χ2n) is 5.48. The fourth-order valence-corrected chi connectivity index (χ4v) is 2.45. The number of β-amino-alcohol motifs (C(OH)–C–C–N with tert-alkyl or cyclic N) is 1. The number of carbonyl (C=O) groups excluding carboxylic acids is 1. The Labute approximate surface area is 117 Å². The van der Waals surface area contributed by atoms with Crippen LogP contribution >= 0.6 is 0 Å². The number of rotatable bonds is 3. The molecule has 0 radical (unpaired) electrons. The zero-order valence-electron chi connectivity index (χ0n) is 11.6. The van der Waals surface area contributed by atoms with E-state index in [4.69, 9.17) is 5.11 Å². The quantitative estimate of drug-likeness (QED) is 0.877. The first-order valence-corrected chi connectivity index (χ1v) is 6.72. The summed E-state index contributed by atoms with van der Waals surface area (Å²) in [4.78, 5) is 24.7. The van der Waals surface area contributed by atoms with Crippen LogP contribution in [0.1, 0.15) is 42.1 Å². The van der Waals surface area contributed by atoms with Crippen molar-refractivity contribution in [2.24, 2.45) is 0 Å². The van der Waals surface area contributed by atoms with E-state index in [1.165, 1.54) is 4.90 Å². The van der Waals surface area contributed by atoms with Gasteiger partial charge in [0.15, 0.2) is 0 Å². The number of hydrogen-bond acceptors (Lipinski definition) is 3. The molecule has 1 aliphatic rings. The van der Waals surface area contributed by atoms with Crippen molar-refractivity contribution in [1.29, 1.82) is 0 Å². The number of benzene rings is 1. The Morgan fingerprint density at radius 1 is 1.25 bits per heavy atom. The van der Waals surface area contributed by atoms with Crippen LogP contribution in [0.15, 0.2) is 24.3 Å². The van der Waals surface area contributed by atoms with E-state index < -0.39 is 18.1 Å². The number of likely N-dealkylation sites (tertiary alicyclic amines) is 1. The van der Waals surface area contributed by atoms with E-state index in [-0.39, 0.29) is 18.9 Å². The van der Waals surface area contributed by atoms with Crippen LogP contribution < -0.4 is 0 Å². The van der Waals surface area contributed by atoms with Gasteiger partial charge < -0.3 is 15.1 Å². The monoisotopic (exact) mass is 277 g/mol. The highest BCUT2D eigenvalue weighted by Gasteiger charge is 2.39. The van der Waals surface area contributed by atoms with Crippen molar-refractivity contribution in [2.75, 3.05) is 6.54 Å². The largest absolute Gasteiger partial charge is 0.480 e. The first-order chi connectivity index (χ1) is 9.40. The van der Waals surface area contributed by atoms with E-state index in [1.54, 1.807) is 12.1 Å². The lowest BCUT2D eigenvalue weighted by molar-refractivity contribution is -0.141. The number of carboxylic acid groups (broad SMARTS) is 1. The van der Waals surface area contributed by atoms with Crippen LogP contribution in [-0.2, 0) is 4.79 Å². The molecule has 0 aromatic heterocycles. The van der Waals surface area contributed by atoms with Gasteiger partial charge in [0, 0.05) is 18.5 Å². The summed E-state index contributed by atoms with van der Waals surface area (Å²) < 4.78 is 0. The molecule has 0 bridgehead atoms. The molecule has 1 aromatic rings. The van der Waals surface area contributed by atoms with E-state index in [1.807, 2.05) is 12.1 Å². The molecule has 5 nitrogen and oxygen atoms in total. The van der Waals surface area contributed by atoms with Gasteiger partial charge in [0.25, 0.3) is 5.91 Å². The van der Waals surface area contributed by atoms with E-state index >= 15 is 0 Å². The van der Waals surface area contributed by atoms with Crippen LogP contribution in [0.4, 0.5) is 0 Å². The smallest absolute Gasteiger partial charge is 0.326 e. The van der Waals surface area contributed by atoms with E-state index in [0.717, 1.165) is 5.56 Å². The van der Waals surface area contributed by atoms with Crippen LogP contribution in [0.25, 0.3) is 0 Å². The zero-order chi connectivity index (χ0) is 14.9. The van der Waals surface area contributed by atoms with Crippen molar-refractivity contribution in [3.05, 3.63) is 35.4 Å². The van der Waals surface area contributed by atoms with Crippen molar-refractivity contribution >= 4 is 11.9 Å². The van der Waals surface area contributed by atoms with E-state index in [0.29, 0.717) is 11.5 Å². The van der Waals surface area contributed by atoms with Crippen molar-refractivity contribution in [2.45, 2.75) is 38.3 Å². The molecule has 0 spiro atoms. The Bertz CT molecular complexity index is 509. The Morgan fingerprint density at radius 2 is 1.85 bits per heavy atom. The molecule has 1 unspecified atom stereocenters. The first-order valence-electron chi connectivity index (χ1n) is 6.72. The molecule has 2 N–H and O–H groups in total.